The molecule has 0 spiro atoms. The minimum Gasteiger partial charge on any atom is -0.462 e. The van der Waals surface area contributed by atoms with Gasteiger partial charge in [-0.3, -0.25) is 4.79 Å². The zero-order valence-corrected chi connectivity index (χ0v) is 19.1. The highest BCUT2D eigenvalue weighted by Crippen LogP contribution is 2.45. The standard InChI is InChI=1S/C25H21ClN2O3S/c1-2-31-24(30)21-19-12-13-25(15-27,17-6-4-3-5-7-17)14-20(19)32-23(21)28-22(29)16-8-10-18(26)11-9-16/h3-11H,2,12-14H2,1H3,(H,28,29). The Bertz CT molecular complexity index is 1200. The molecule has 1 N–H and O–H groups in total. The Morgan fingerprint density at radius 1 is 1.19 bits per heavy atom. The van der Waals surface area contributed by atoms with Gasteiger partial charge in [0.15, 0.2) is 0 Å². The van der Waals surface area contributed by atoms with Gasteiger partial charge in [0.2, 0.25) is 0 Å². The second kappa shape index (κ2) is 9.15. The minimum atomic E-state index is -0.664. The molecule has 1 aromatic heterocycles. The molecule has 0 radical (unpaired) electrons. The number of anilines is 1. The van der Waals surface area contributed by atoms with Crippen molar-refractivity contribution in [2.24, 2.45) is 0 Å². The second-order valence-corrected chi connectivity index (χ2v) is 9.17. The SMILES string of the molecule is CCOC(=O)c1c(NC(=O)c2ccc(Cl)cc2)sc2c1CCC(C#N)(c1ccccc1)C2. The third-order valence-electron chi connectivity index (χ3n) is 5.71. The van der Waals surface area contributed by atoms with E-state index in [9.17, 15) is 14.9 Å². The molecule has 5 nitrogen and oxygen atoms in total. The topological polar surface area (TPSA) is 79.2 Å². The quantitative estimate of drug-likeness (QED) is 0.485. The summed E-state index contributed by atoms with van der Waals surface area (Å²) in [4.78, 5) is 26.6. The van der Waals surface area contributed by atoms with E-state index in [0.29, 0.717) is 40.4 Å². The molecule has 0 saturated heterocycles. The molecule has 0 fully saturated rings. The summed E-state index contributed by atoms with van der Waals surface area (Å²) in [7, 11) is 0. The molecule has 1 aliphatic carbocycles. The van der Waals surface area contributed by atoms with Crippen molar-refractivity contribution in [3.8, 4) is 6.07 Å². The average Bonchev–Trinajstić information content (AvgIpc) is 3.16. The number of hydrogen-bond acceptors (Lipinski definition) is 5. The van der Waals surface area contributed by atoms with Gasteiger partial charge in [0.25, 0.3) is 5.91 Å². The summed E-state index contributed by atoms with van der Waals surface area (Å²) in [6.45, 7) is 1.99. The molecule has 1 amide bonds. The maximum atomic E-state index is 12.8. The Balaban J connectivity index is 1.72. The summed E-state index contributed by atoms with van der Waals surface area (Å²) < 4.78 is 5.29. The molecular weight excluding hydrogens is 444 g/mol. The van der Waals surface area contributed by atoms with E-state index in [1.165, 1.54) is 11.3 Å². The van der Waals surface area contributed by atoms with Crippen LogP contribution in [0.15, 0.2) is 54.6 Å². The lowest BCUT2D eigenvalue weighted by molar-refractivity contribution is 0.0526. The number of thiophene rings is 1. The normalized spacial score (nSPS) is 17.2. The predicted molar refractivity (Wildman–Crippen MR) is 125 cm³/mol. The van der Waals surface area contributed by atoms with Gasteiger partial charge in [-0.15, -0.1) is 11.3 Å². The average molecular weight is 465 g/mol. The van der Waals surface area contributed by atoms with E-state index in [1.807, 2.05) is 30.3 Å². The number of carbonyl (C=O) groups excluding carboxylic acids is 2. The molecule has 0 saturated carbocycles. The number of nitrogens with zero attached hydrogens (tertiary/aromatic N) is 1. The van der Waals surface area contributed by atoms with Crippen LogP contribution in [0.4, 0.5) is 5.00 Å². The van der Waals surface area contributed by atoms with Crippen molar-refractivity contribution in [1.29, 1.82) is 5.26 Å². The van der Waals surface area contributed by atoms with Crippen molar-refractivity contribution >= 4 is 39.8 Å². The van der Waals surface area contributed by atoms with Crippen molar-refractivity contribution in [2.75, 3.05) is 11.9 Å². The summed E-state index contributed by atoms with van der Waals surface area (Å²) in [5.41, 5.74) is 2.00. The zero-order chi connectivity index (χ0) is 22.7. The predicted octanol–water partition coefficient (Wildman–Crippen LogP) is 5.78. The van der Waals surface area contributed by atoms with E-state index in [1.54, 1.807) is 31.2 Å². The monoisotopic (exact) mass is 464 g/mol. The van der Waals surface area contributed by atoms with Crippen LogP contribution >= 0.6 is 22.9 Å². The molecule has 0 bridgehead atoms. The van der Waals surface area contributed by atoms with Gasteiger partial charge in [0.1, 0.15) is 5.00 Å². The molecule has 0 aliphatic heterocycles. The number of nitriles is 1. The number of benzene rings is 2. The summed E-state index contributed by atoms with van der Waals surface area (Å²) in [6, 6.07) is 18.8. The van der Waals surface area contributed by atoms with E-state index in [4.69, 9.17) is 16.3 Å². The fourth-order valence-electron chi connectivity index (χ4n) is 4.07. The first-order chi connectivity index (χ1) is 15.5. The lowest BCUT2D eigenvalue weighted by atomic mass is 9.70. The van der Waals surface area contributed by atoms with E-state index >= 15 is 0 Å². The van der Waals surface area contributed by atoms with Crippen LogP contribution in [0.2, 0.25) is 5.02 Å². The van der Waals surface area contributed by atoms with Crippen molar-refractivity contribution in [2.45, 2.75) is 31.6 Å². The lowest BCUT2D eigenvalue weighted by Gasteiger charge is -2.31. The largest absolute Gasteiger partial charge is 0.462 e. The number of halogens is 1. The van der Waals surface area contributed by atoms with Gasteiger partial charge >= 0.3 is 5.97 Å². The number of nitrogens with one attached hydrogen (secondary N) is 1. The van der Waals surface area contributed by atoms with Gasteiger partial charge in [0.05, 0.1) is 23.7 Å². The van der Waals surface area contributed by atoms with E-state index < -0.39 is 11.4 Å². The van der Waals surface area contributed by atoms with Crippen LogP contribution in [0.25, 0.3) is 0 Å². The van der Waals surface area contributed by atoms with Gasteiger partial charge in [-0.25, -0.2) is 4.79 Å². The van der Waals surface area contributed by atoms with Gasteiger partial charge in [0, 0.05) is 21.9 Å². The third kappa shape index (κ3) is 4.14. The van der Waals surface area contributed by atoms with Crippen molar-refractivity contribution < 1.29 is 14.3 Å². The maximum Gasteiger partial charge on any atom is 0.341 e. The van der Waals surface area contributed by atoms with Crippen LogP contribution in [-0.2, 0) is 23.0 Å². The van der Waals surface area contributed by atoms with Crippen molar-refractivity contribution in [1.82, 2.24) is 0 Å². The number of carbonyl (C=O) groups is 2. The fourth-order valence-corrected chi connectivity index (χ4v) is 5.54. The van der Waals surface area contributed by atoms with Crippen molar-refractivity contribution in [3.05, 3.63) is 86.8 Å². The van der Waals surface area contributed by atoms with E-state index in [2.05, 4.69) is 11.4 Å². The molecule has 32 heavy (non-hydrogen) atoms. The summed E-state index contributed by atoms with van der Waals surface area (Å²) in [6.07, 6.45) is 1.63. The first-order valence-corrected chi connectivity index (χ1v) is 11.5. The smallest absolute Gasteiger partial charge is 0.341 e. The van der Waals surface area contributed by atoms with Gasteiger partial charge in [-0.2, -0.15) is 5.26 Å². The fraction of sp³-hybridized carbons (Fsp3) is 0.240. The molecular formula is C25H21ClN2O3S. The molecule has 7 heteroatoms. The van der Waals surface area contributed by atoms with Gasteiger partial charge < -0.3 is 10.1 Å². The first-order valence-electron chi connectivity index (χ1n) is 10.3. The second-order valence-electron chi connectivity index (χ2n) is 7.63. The highest BCUT2D eigenvalue weighted by atomic mass is 35.5. The molecule has 162 valence electrons. The number of amides is 1. The number of fused-ring (bicyclic) bond motifs is 1. The Morgan fingerprint density at radius 3 is 2.56 bits per heavy atom. The molecule has 1 unspecified atom stereocenters. The van der Waals surface area contributed by atoms with E-state index in [-0.39, 0.29) is 12.5 Å². The Kier molecular flexibility index (Phi) is 6.31. The highest BCUT2D eigenvalue weighted by Gasteiger charge is 2.40. The van der Waals surface area contributed by atoms with Crippen LogP contribution in [0, 0.1) is 11.3 Å². The summed E-state index contributed by atoms with van der Waals surface area (Å²) in [5, 5.41) is 14.0. The molecule has 2 aromatic carbocycles. The van der Waals surface area contributed by atoms with Gasteiger partial charge in [-0.1, -0.05) is 41.9 Å². The van der Waals surface area contributed by atoms with E-state index in [0.717, 1.165) is 16.0 Å². The number of hydrogen-bond donors (Lipinski definition) is 1. The minimum absolute atomic E-state index is 0.236. The lowest BCUT2D eigenvalue weighted by Crippen LogP contribution is -2.31. The van der Waals surface area contributed by atoms with Crippen LogP contribution < -0.4 is 5.32 Å². The summed E-state index contributed by atoms with van der Waals surface area (Å²) >= 11 is 7.27. The number of esters is 1. The van der Waals surface area contributed by atoms with Crippen LogP contribution in [0.3, 0.4) is 0 Å². The highest BCUT2D eigenvalue weighted by molar-refractivity contribution is 7.17. The van der Waals surface area contributed by atoms with Crippen molar-refractivity contribution in [3.63, 3.8) is 0 Å². The van der Waals surface area contributed by atoms with Gasteiger partial charge in [-0.05, 0) is 55.2 Å². The van der Waals surface area contributed by atoms with Crippen LogP contribution in [0.5, 0.6) is 0 Å². The van der Waals surface area contributed by atoms with Crippen LogP contribution in [-0.4, -0.2) is 18.5 Å². The maximum absolute atomic E-state index is 12.8. The molecule has 3 aromatic rings. The molecule has 4 rings (SSSR count). The van der Waals surface area contributed by atoms with Crippen LogP contribution in [0.1, 0.15) is 50.1 Å². The Morgan fingerprint density at radius 2 is 1.91 bits per heavy atom. The molecule has 1 atom stereocenters. The number of ether oxygens (including phenoxy) is 1. The Labute approximate surface area is 195 Å². The molecule has 1 aliphatic rings. The Hall–Kier alpha value is -3.14. The molecule has 1 heterocycles. The number of rotatable bonds is 5. The third-order valence-corrected chi connectivity index (χ3v) is 7.11. The summed E-state index contributed by atoms with van der Waals surface area (Å²) in [5.74, 6) is -0.791. The first kappa shape index (κ1) is 22.1. The zero-order valence-electron chi connectivity index (χ0n) is 17.5.